The number of benzene rings is 2. The molecule has 4 heteroatoms. The molecule has 0 saturated carbocycles. The number of anilines is 1. The summed E-state index contributed by atoms with van der Waals surface area (Å²) in [5.41, 5.74) is 3.76. The lowest BCUT2D eigenvalue weighted by atomic mass is 10.2. The van der Waals surface area contributed by atoms with Gasteiger partial charge in [-0.25, -0.2) is 0 Å². The normalized spacial score (nSPS) is 10.7. The third-order valence-corrected chi connectivity index (χ3v) is 4.60. The molecule has 2 aromatic rings. The van der Waals surface area contributed by atoms with Crippen molar-refractivity contribution in [2.75, 3.05) is 31.6 Å². The van der Waals surface area contributed by atoms with Gasteiger partial charge >= 0.3 is 0 Å². The van der Waals surface area contributed by atoms with Crippen LogP contribution in [-0.2, 0) is 0 Å². The molecule has 22 heavy (non-hydrogen) atoms. The highest BCUT2D eigenvalue weighted by molar-refractivity contribution is 7.99. The van der Waals surface area contributed by atoms with Crippen LogP contribution in [0.2, 0.25) is 0 Å². The molecule has 0 fully saturated rings. The smallest absolute Gasteiger partial charge is 0.0555 e. The van der Waals surface area contributed by atoms with Crippen molar-refractivity contribution in [2.24, 2.45) is 0 Å². The van der Waals surface area contributed by atoms with E-state index in [9.17, 15) is 0 Å². The van der Waals surface area contributed by atoms with Gasteiger partial charge in [-0.05, 0) is 37.6 Å². The molecule has 0 unspecified atom stereocenters. The van der Waals surface area contributed by atoms with Crippen molar-refractivity contribution in [3.05, 3.63) is 53.6 Å². The lowest BCUT2D eigenvalue weighted by Gasteiger charge is -2.13. The van der Waals surface area contributed by atoms with Gasteiger partial charge in [-0.2, -0.15) is 0 Å². The van der Waals surface area contributed by atoms with E-state index in [1.54, 1.807) is 11.8 Å². The lowest BCUT2D eigenvalue weighted by molar-refractivity contribution is 0.293. The Labute approximate surface area is 137 Å². The van der Waals surface area contributed by atoms with Crippen LogP contribution < -0.4 is 10.6 Å². The SMILES string of the molecule is Cc1ccc(Sc2ccccc2NCCNCCO)c(C)c1. The zero-order valence-corrected chi connectivity index (χ0v) is 14.0. The van der Waals surface area contributed by atoms with E-state index in [0.717, 1.165) is 18.8 Å². The third kappa shape index (κ3) is 5.05. The van der Waals surface area contributed by atoms with Crippen LogP contribution in [0.25, 0.3) is 0 Å². The summed E-state index contributed by atoms with van der Waals surface area (Å²) in [7, 11) is 0. The number of nitrogens with one attached hydrogen (secondary N) is 2. The summed E-state index contributed by atoms with van der Waals surface area (Å²) >= 11 is 1.79. The molecule has 0 aromatic heterocycles. The standard InChI is InChI=1S/C18H24N2OS/c1-14-7-8-17(15(2)13-14)22-18-6-4-3-5-16(18)20-10-9-19-11-12-21/h3-8,13,19-21H,9-12H2,1-2H3. The Morgan fingerprint density at radius 2 is 1.77 bits per heavy atom. The van der Waals surface area contributed by atoms with Gasteiger partial charge in [-0.3, -0.25) is 0 Å². The number of hydrogen-bond donors (Lipinski definition) is 3. The van der Waals surface area contributed by atoms with Crippen molar-refractivity contribution in [2.45, 2.75) is 23.6 Å². The van der Waals surface area contributed by atoms with E-state index < -0.39 is 0 Å². The molecule has 0 saturated heterocycles. The Morgan fingerprint density at radius 3 is 2.55 bits per heavy atom. The maximum Gasteiger partial charge on any atom is 0.0555 e. The van der Waals surface area contributed by atoms with Gasteiger partial charge in [0.2, 0.25) is 0 Å². The van der Waals surface area contributed by atoms with E-state index in [-0.39, 0.29) is 6.61 Å². The number of rotatable bonds is 8. The number of aliphatic hydroxyl groups excluding tert-OH is 1. The minimum atomic E-state index is 0.180. The predicted molar refractivity (Wildman–Crippen MR) is 94.9 cm³/mol. The van der Waals surface area contributed by atoms with Crippen molar-refractivity contribution in [3.63, 3.8) is 0 Å². The van der Waals surface area contributed by atoms with Crippen LogP contribution in [0.4, 0.5) is 5.69 Å². The predicted octanol–water partition coefficient (Wildman–Crippen LogP) is 3.45. The van der Waals surface area contributed by atoms with Crippen molar-refractivity contribution in [3.8, 4) is 0 Å². The maximum atomic E-state index is 8.75. The van der Waals surface area contributed by atoms with Crippen molar-refractivity contribution >= 4 is 17.4 Å². The van der Waals surface area contributed by atoms with Crippen LogP contribution >= 0.6 is 11.8 Å². The van der Waals surface area contributed by atoms with Crippen LogP contribution in [0.1, 0.15) is 11.1 Å². The molecule has 3 N–H and O–H groups in total. The molecule has 0 bridgehead atoms. The number of para-hydroxylation sites is 1. The quantitative estimate of drug-likeness (QED) is 0.653. The van der Waals surface area contributed by atoms with Crippen LogP contribution in [0.5, 0.6) is 0 Å². The van der Waals surface area contributed by atoms with Crippen LogP contribution in [-0.4, -0.2) is 31.3 Å². The molecule has 2 aromatic carbocycles. The van der Waals surface area contributed by atoms with E-state index in [4.69, 9.17) is 5.11 Å². The summed E-state index contributed by atoms with van der Waals surface area (Å²) in [6, 6.07) is 14.9. The van der Waals surface area contributed by atoms with E-state index >= 15 is 0 Å². The topological polar surface area (TPSA) is 44.3 Å². The van der Waals surface area contributed by atoms with Gasteiger partial charge < -0.3 is 15.7 Å². The Balaban J connectivity index is 2.01. The third-order valence-electron chi connectivity index (χ3n) is 3.34. The molecule has 2 rings (SSSR count). The highest BCUT2D eigenvalue weighted by Crippen LogP contribution is 2.35. The van der Waals surface area contributed by atoms with E-state index in [2.05, 4.69) is 66.9 Å². The van der Waals surface area contributed by atoms with Crippen LogP contribution in [0.3, 0.4) is 0 Å². The minimum absolute atomic E-state index is 0.180. The lowest BCUT2D eigenvalue weighted by Crippen LogP contribution is -2.24. The Bertz CT molecular complexity index is 601. The average molecular weight is 316 g/mol. The van der Waals surface area contributed by atoms with Gasteiger partial charge in [-0.15, -0.1) is 0 Å². The van der Waals surface area contributed by atoms with Crippen LogP contribution in [0, 0.1) is 13.8 Å². The van der Waals surface area contributed by atoms with Crippen molar-refractivity contribution in [1.82, 2.24) is 5.32 Å². The molecule has 0 amide bonds. The molecule has 0 heterocycles. The molecular formula is C18H24N2OS. The fraction of sp³-hybridized carbons (Fsp3) is 0.333. The first-order valence-corrected chi connectivity index (χ1v) is 8.42. The van der Waals surface area contributed by atoms with E-state index in [1.165, 1.54) is 20.9 Å². The summed E-state index contributed by atoms with van der Waals surface area (Å²) in [6.07, 6.45) is 0. The van der Waals surface area contributed by atoms with Crippen molar-refractivity contribution in [1.29, 1.82) is 0 Å². The zero-order chi connectivity index (χ0) is 15.8. The second-order valence-electron chi connectivity index (χ2n) is 5.27. The second-order valence-corrected chi connectivity index (χ2v) is 6.35. The minimum Gasteiger partial charge on any atom is -0.395 e. The van der Waals surface area contributed by atoms with Crippen LogP contribution in [0.15, 0.2) is 52.3 Å². The summed E-state index contributed by atoms with van der Waals surface area (Å²) in [6.45, 7) is 6.77. The highest BCUT2D eigenvalue weighted by Gasteiger charge is 2.06. The Kier molecular flexibility index (Phi) is 6.77. The molecule has 0 spiro atoms. The van der Waals surface area contributed by atoms with Crippen molar-refractivity contribution < 1.29 is 5.11 Å². The molecule has 0 aliphatic carbocycles. The first kappa shape index (κ1) is 16.9. The monoisotopic (exact) mass is 316 g/mol. The summed E-state index contributed by atoms with van der Waals surface area (Å²) in [4.78, 5) is 2.52. The maximum absolute atomic E-state index is 8.75. The average Bonchev–Trinajstić information content (AvgIpc) is 2.51. The molecular weight excluding hydrogens is 292 g/mol. The second kappa shape index (κ2) is 8.83. The summed E-state index contributed by atoms with van der Waals surface area (Å²) in [5.74, 6) is 0. The van der Waals surface area contributed by atoms with Gasteiger partial charge in [0.05, 0.1) is 6.61 Å². The van der Waals surface area contributed by atoms with Gasteiger partial charge in [0, 0.05) is 35.1 Å². The zero-order valence-electron chi connectivity index (χ0n) is 13.2. The van der Waals surface area contributed by atoms with Gasteiger partial charge in [-0.1, -0.05) is 41.6 Å². The number of aliphatic hydroxyl groups is 1. The van der Waals surface area contributed by atoms with Gasteiger partial charge in [0.15, 0.2) is 0 Å². The summed E-state index contributed by atoms with van der Waals surface area (Å²) < 4.78 is 0. The molecule has 0 aliphatic rings. The Hall–Kier alpha value is -1.49. The molecule has 0 radical (unpaired) electrons. The van der Waals surface area contributed by atoms with Gasteiger partial charge in [0.25, 0.3) is 0 Å². The number of hydrogen-bond acceptors (Lipinski definition) is 4. The fourth-order valence-electron chi connectivity index (χ4n) is 2.22. The fourth-order valence-corrected chi connectivity index (χ4v) is 3.21. The Morgan fingerprint density at radius 1 is 0.955 bits per heavy atom. The molecule has 118 valence electrons. The molecule has 0 aliphatic heterocycles. The largest absolute Gasteiger partial charge is 0.395 e. The number of aryl methyl sites for hydroxylation is 2. The molecule has 0 atom stereocenters. The van der Waals surface area contributed by atoms with E-state index in [0.29, 0.717) is 6.54 Å². The summed E-state index contributed by atoms with van der Waals surface area (Å²) in [5, 5.41) is 15.4. The first-order valence-electron chi connectivity index (χ1n) is 7.60. The highest BCUT2D eigenvalue weighted by atomic mass is 32.2. The van der Waals surface area contributed by atoms with Gasteiger partial charge in [0.1, 0.15) is 0 Å². The molecule has 3 nitrogen and oxygen atoms in total. The first-order chi connectivity index (χ1) is 10.7. The van der Waals surface area contributed by atoms with E-state index in [1.807, 2.05) is 0 Å².